The molecular formula is C15H20N2O. The Morgan fingerprint density at radius 1 is 1.22 bits per heavy atom. The summed E-state index contributed by atoms with van der Waals surface area (Å²) in [4.78, 5) is 11.8. The van der Waals surface area contributed by atoms with Gasteiger partial charge in [0.15, 0.2) is 0 Å². The summed E-state index contributed by atoms with van der Waals surface area (Å²) in [6.07, 6.45) is 7.73. The summed E-state index contributed by atoms with van der Waals surface area (Å²) in [6.45, 7) is 0. The first-order chi connectivity index (χ1) is 8.75. The minimum absolute atomic E-state index is 0.0544. The van der Waals surface area contributed by atoms with Gasteiger partial charge in [0.25, 0.3) is 0 Å². The third-order valence-corrected chi connectivity index (χ3v) is 3.37. The van der Waals surface area contributed by atoms with Crippen molar-refractivity contribution in [2.75, 3.05) is 0 Å². The second-order valence-corrected chi connectivity index (χ2v) is 4.81. The SMILES string of the molecule is NC1CCCCC1NC(=O)/C=C/c1ccccc1. The third kappa shape index (κ3) is 3.70. The standard InChI is InChI=1S/C15H20N2O/c16-13-8-4-5-9-14(13)17-15(18)11-10-12-6-2-1-3-7-12/h1-3,6-7,10-11,13-14H,4-5,8-9,16H2,(H,17,18)/b11-10+. The van der Waals surface area contributed by atoms with Gasteiger partial charge in [-0.15, -0.1) is 0 Å². The van der Waals surface area contributed by atoms with E-state index in [2.05, 4.69) is 5.32 Å². The van der Waals surface area contributed by atoms with Crippen molar-refractivity contribution in [1.82, 2.24) is 5.32 Å². The summed E-state index contributed by atoms with van der Waals surface area (Å²) in [6, 6.07) is 10.0. The molecule has 1 fully saturated rings. The van der Waals surface area contributed by atoms with Gasteiger partial charge < -0.3 is 11.1 Å². The molecular weight excluding hydrogens is 224 g/mol. The second kappa shape index (κ2) is 6.36. The highest BCUT2D eigenvalue weighted by atomic mass is 16.1. The molecule has 0 aliphatic heterocycles. The van der Waals surface area contributed by atoms with Crippen LogP contribution in [-0.2, 0) is 4.79 Å². The van der Waals surface area contributed by atoms with E-state index in [0.29, 0.717) is 0 Å². The van der Waals surface area contributed by atoms with Gasteiger partial charge in [-0.1, -0.05) is 43.2 Å². The second-order valence-electron chi connectivity index (χ2n) is 4.81. The number of benzene rings is 1. The average Bonchev–Trinajstić information content (AvgIpc) is 2.40. The molecule has 3 heteroatoms. The lowest BCUT2D eigenvalue weighted by Crippen LogP contribution is -2.48. The third-order valence-electron chi connectivity index (χ3n) is 3.37. The largest absolute Gasteiger partial charge is 0.348 e. The molecule has 96 valence electrons. The van der Waals surface area contributed by atoms with Crippen LogP contribution in [0, 0.1) is 0 Å². The number of hydrogen-bond donors (Lipinski definition) is 2. The van der Waals surface area contributed by atoms with E-state index in [1.54, 1.807) is 6.08 Å². The highest BCUT2D eigenvalue weighted by Crippen LogP contribution is 2.16. The van der Waals surface area contributed by atoms with Crippen molar-refractivity contribution < 1.29 is 4.79 Å². The highest BCUT2D eigenvalue weighted by Gasteiger charge is 2.22. The number of carbonyl (C=O) groups excluding carboxylic acids is 1. The van der Waals surface area contributed by atoms with Crippen LogP contribution in [0.1, 0.15) is 31.2 Å². The topological polar surface area (TPSA) is 55.1 Å². The summed E-state index contributed by atoms with van der Waals surface area (Å²) in [5.41, 5.74) is 7.02. The van der Waals surface area contributed by atoms with Gasteiger partial charge in [-0.2, -0.15) is 0 Å². The first-order valence-corrected chi connectivity index (χ1v) is 6.55. The van der Waals surface area contributed by atoms with Crippen LogP contribution >= 0.6 is 0 Å². The molecule has 1 aliphatic carbocycles. The van der Waals surface area contributed by atoms with Crippen LogP contribution in [-0.4, -0.2) is 18.0 Å². The zero-order valence-corrected chi connectivity index (χ0v) is 10.5. The van der Waals surface area contributed by atoms with Crippen LogP contribution < -0.4 is 11.1 Å². The van der Waals surface area contributed by atoms with E-state index in [1.807, 2.05) is 36.4 Å². The van der Waals surface area contributed by atoms with Crippen molar-refractivity contribution in [2.45, 2.75) is 37.8 Å². The summed E-state index contributed by atoms with van der Waals surface area (Å²) < 4.78 is 0. The maximum absolute atomic E-state index is 11.8. The summed E-state index contributed by atoms with van der Waals surface area (Å²) in [7, 11) is 0. The molecule has 18 heavy (non-hydrogen) atoms. The molecule has 0 aromatic heterocycles. The fourth-order valence-corrected chi connectivity index (χ4v) is 2.31. The molecule has 0 spiro atoms. The van der Waals surface area contributed by atoms with Gasteiger partial charge in [-0.05, 0) is 24.5 Å². The maximum atomic E-state index is 11.8. The van der Waals surface area contributed by atoms with Gasteiger partial charge in [-0.25, -0.2) is 0 Å². The molecule has 0 saturated heterocycles. The van der Waals surface area contributed by atoms with Crippen molar-refractivity contribution >= 4 is 12.0 Å². The van der Waals surface area contributed by atoms with Gasteiger partial charge in [-0.3, -0.25) is 4.79 Å². The Morgan fingerprint density at radius 3 is 2.67 bits per heavy atom. The lowest BCUT2D eigenvalue weighted by atomic mass is 9.91. The molecule has 1 aromatic rings. The maximum Gasteiger partial charge on any atom is 0.244 e. The van der Waals surface area contributed by atoms with E-state index in [0.717, 1.165) is 24.8 Å². The molecule has 0 bridgehead atoms. The molecule has 2 rings (SSSR count). The molecule has 1 aliphatic rings. The Bertz CT molecular complexity index is 414. The molecule has 3 N–H and O–H groups in total. The summed E-state index contributed by atoms with van der Waals surface area (Å²) in [5.74, 6) is -0.0544. The Labute approximate surface area is 108 Å². The Kier molecular flexibility index (Phi) is 4.53. The quantitative estimate of drug-likeness (QED) is 0.800. The number of rotatable bonds is 3. The van der Waals surface area contributed by atoms with Crippen LogP contribution in [0.25, 0.3) is 6.08 Å². The Balaban J connectivity index is 1.86. The van der Waals surface area contributed by atoms with E-state index in [9.17, 15) is 4.79 Å². The molecule has 3 nitrogen and oxygen atoms in total. The molecule has 0 heterocycles. The predicted octanol–water partition coefficient (Wildman–Crippen LogP) is 2.09. The number of amides is 1. The lowest BCUT2D eigenvalue weighted by molar-refractivity contribution is -0.117. The van der Waals surface area contributed by atoms with Crippen LogP contribution in [0.4, 0.5) is 0 Å². The van der Waals surface area contributed by atoms with Gasteiger partial charge in [0, 0.05) is 18.2 Å². The molecule has 1 saturated carbocycles. The van der Waals surface area contributed by atoms with Gasteiger partial charge in [0.1, 0.15) is 0 Å². The molecule has 2 unspecified atom stereocenters. The minimum Gasteiger partial charge on any atom is -0.348 e. The smallest absolute Gasteiger partial charge is 0.244 e. The van der Waals surface area contributed by atoms with Crippen LogP contribution in [0.3, 0.4) is 0 Å². The van der Waals surface area contributed by atoms with Crippen LogP contribution in [0.15, 0.2) is 36.4 Å². The van der Waals surface area contributed by atoms with Gasteiger partial charge in [0.05, 0.1) is 0 Å². The highest BCUT2D eigenvalue weighted by molar-refractivity contribution is 5.91. The van der Waals surface area contributed by atoms with Crippen LogP contribution in [0.5, 0.6) is 0 Å². The zero-order chi connectivity index (χ0) is 12.8. The zero-order valence-electron chi connectivity index (χ0n) is 10.5. The van der Waals surface area contributed by atoms with E-state index in [1.165, 1.54) is 6.42 Å². The molecule has 1 amide bonds. The van der Waals surface area contributed by atoms with Crippen molar-refractivity contribution in [3.63, 3.8) is 0 Å². The van der Waals surface area contributed by atoms with E-state index in [-0.39, 0.29) is 18.0 Å². The van der Waals surface area contributed by atoms with E-state index in [4.69, 9.17) is 5.73 Å². The Hall–Kier alpha value is -1.61. The number of nitrogens with two attached hydrogens (primary N) is 1. The van der Waals surface area contributed by atoms with Crippen molar-refractivity contribution in [2.24, 2.45) is 5.73 Å². The lowest BCUT2D eigenvalue weighted by Gasteiger charge is -2.28. The number of carbonyl (C=O) groups is 1. The van der Waals surface area contributed by atoms with Gasteiger partial charge in [0.2, 0.25) is 5.91 Å². The van der Waals surface area contributed by atoms with Gasteiger partial charge >= 0.3 is 0 Å². The molecule has 2 atom stereocenters. The summed E-state index contributed by atoms with van der Waals surface area (Å²) >= 11 is 0. The van der Waals surface area contributed by atoms with E-state index < -0.39 is 0 Å². The van der Waals surface area contributed by atoms with Crippen LogP contribution in [0.2, 0.25) is 0 Å². The predicted molar refractivity (Wildman–Crippen MR) is 73.9 cm³/mol. The fraction of sp³-hybridized carbons (Fsp3) is 0.400. The van der Waals surface area contributed by atoms with Crippen molar-refractivity contribution in [1.29, 1.82) is 0 Å². The van der Waals surface area contributed by atoms with Crippen molar-refractivity contribution in [3.05, 3.63) is 42.0 Å². The Morgan fingerprint density at radius 2 is 1.94 bits per heavy atom. The minimum atomic E-state index is -0.0544. The summed E-state index contributed by atoms with van der Waals surface area (Å²) in [5, 5.41) is 2.99. The normalized spacial score (nSPS) is 24.1. The first-order valence-electron chi connectivity index (χ1n) is 6.55. The van der Waals surface area contributed by atoms with Crippen molar-refractivity contribution in [3.8, 4) is 0 Å². The van der Waals surface area contributed by atoms with E-state index >= 15 is 0 Å². The molecule has 0 radical (unpaired) electrons. The first kappa shape index (κ1) is 12.8. The monoisotopic (exact) mass is 244 g/mol. The number of hydrogen-bond acceptors (Lipinski definition) is 2. The fourth-order valence-electron chi connectivity index (χ4n) is 2.31. The molecule has 1 aromatic carbocycles. The number of nitrogens with one attached hydrogen (secondary N) is 1. The average molecular weight is 244 g/mol.